The minimum atomic E-state index is -0.387. The third kappa shape index (κ3) is 4.24. The van der Waals surface area contributed by atoms with Crippen LogP contribution in [0.5, 0.6) is 0 Å². The Morgan fingerprint density at radius 1 is 1.00 bits per heavy atom. The molecule has 0 bridgehead atoms. The topological polar surface area (TPSA) is 20.2 Å². The Hall–Kier alpha value is -1.02. The second-order valence-corrected chi connectivity index (χ2v) is 5.97. The number of benzene rings is 2. The van der Waals surface area contributed by atoms with Crippen molar-refractivity contribution in [1.82, 2.24) is 0 Å². The van der Waals surface area contributed by atoms with E-state index in [1.165, 1.54) is 5.56 Å². The first-order chi connectivity index (χ1) is 9.56. The van der Waals surface area contributed by atoms with Gasteiger partial charge in [0, 0.05) is 0 Å². The van der Waals surface area contributed by atoms with Crippen LogP contribution in [0.25, 0.3) is 0 Å². The standard InChI is InChI=1S/C17H18Cl2O/c1-12(14-5-3-2-4-6-14)9-15(20)10-13-7-8-16(18)17(19)11-13/h2-8,11-12,15,20H,9-10H2,1H3. The van der Waals surface area contributed by atoms with Gasteiger partial charge in [0.2, 0.25) is 0 Å². The molecule has 0 aliphatic heterocycles. The van der Waals surface area contributed by atoms with Crippen molar-refractivity contribution in [3.63, 3.8) is 0 Å². The molecule has 0 saturated heterocycles. The average molecular weight is 309 g/mol. The van der Waals surface area contributed by atoms with Crippen LogP contribution >= 0.6 is 23.2 Å². The summed E-state index contributed by atoms with van der Waals surface area (Å²) in [6.07, 6.45) is 0.931. The van der Waals surface area contributed by atoms with Crippen LogP contribution in [0.2, 0.25) is 10.0 Å². The van der Waals surface area contributed by atoms with Crippen molar-refractivity contribution in [2.45, 2.75) is 31.8 Å². The molecule has 0 aliphatic rings. The van der Waals surface area contributed by atoms with E-state index in [9.17, 15) is 5.11 Å². The van der Waals surface area contributed by atoms with Gasteiger partial charge >= 0.3 is 0 Å². The van der Waals surface area contributed by atoms with E-state index in [4.69, 9.17) is 23.2 Å². The molecular formula is C17H18Cl2O. The molecule has 2 atom stereocenters. The number of hydrogen-bond acceptors (Lipinski definition) is 1. The number of halogens is 2. The first kappa shape index (κ1) is 15.4. The van der Waals surface area contributed by atoms with Crippen LogP contribution in [0.15, 0.2) is 48.5 Å². The molecule has 3 heteroatoms. The SMILES string of the molecule is CC(CC(O)Cc1ccc(Cl)c(Cl)c1)c1ccccc1. The van der Waals surface area contributed by atoms with Gasteiger partial charge in [-0.2, -0.15) is 0 Å². The fraction of sp³-hybridized carbons (Fsp3) is 0.294. The highest BCUT2D eigenvalue weighted by Gasteiger charge is 2.13. The summed E-state index contributed by atoms with van der Waals surface area (Å²) in [5.41, 5.74) is 2.26. The first-order valence-electron chi connectivity index (χ1n) is 6.73. The van der Waals surface area contributed by atoms with Crippen LogP contribution in [-0.2, 0) is 6.42 Å². The summed E-state index contributed by atoms with van der Waals surface area (Å²) in [6.45, 7) is 2.13. The summed E-state index contributed by atoms with van der Waals surface area (Å²) < 4.78 is 0. The molecule has 106 valence electrons. The Morgan fingerprint density at radius 3 is 2.35 bits per heavy atom. The molecule has 2 unspecified atom stereocenters. The molecule has 0 spiro atoms. The molecule has 2 aromatic carbocycles. The van der Waals surface area contributed by atoms with E-state index >= 15 is 0 Å². The number of rotatable bonds is 5. The Balaban J connectivity index is 1.95. The van der Waals surface area contributed by atoms with Gasteiger partial charge in [-0.05, 0) is 42.0 Å². The maximum atomic E-state index is 10.2. The number of aliphatic hydroxyl groups excluding tert-OH is 1. The largest absolute Gasteiger partial charge is 0.393 e. The smallest absolute Gasteiger partial charge is 0.0595 e. The fourth-order valence-electron chi connectivity index (χ4n) is 2.35. The van der Waals surface area contributed by atoms with E-state index in [1.54, 1.807) is 6.07 Å². The molecule has 0 aromatic heterocycles. The minimum absolute atomic E-state index is 0.328. The summed E-state index contributed by atoms with van der Waals surface area (Å²) in [4.78, 5) is 0. The molecule has 1 nitrogen and oxygen atoms in total. The van der Waals surface area contributed by atoms with Gasteiger partial charge < -0.3 is 5.11 Å². The van der Waals surface area contributed by atoms with Gasteiger partial charge in [0.1, 0.15) is 0 Å². The molecule has 2 aromatic rings. The Kier molecular flexibility index (Phi) is 5.47. The normalized spacial score (nSPS) is 14.0. The summed E-state index contributed by atoms with van der Waals surface area (Å²) in [5.74, 6) is 0.328. The second kappa shape index (κ2) is 7.12. The predicted molar refractivity (Wildman–Crippen MR) is 85.6 cm³/mol. The monoisotopic (exact) mass is 308 g/mol. The third-order valence-electron chi connectivity index (χ3n) is 3.45. The van der Waals surface area contributed by atoms with Gasteiger partial charge in [-0.3, -0.25) is 0 Å². The summed E-state index contributed by atoms with van der Waals surface area (Å²) >= 11 is 11.9. The Morgan fingerprint density at radius 2 is 1.70 bits per heavy atom. The summed E-state index contributed by atoms with van der Waals surface area (Å²) in [5, 5.41) is 11.3. The lowest BCUT2D eigenvalue weighted by atomic mass is 9.92. The van der Waals surface area contributed by atoms with E-state index in [2.05, 4.69) is 19.1 Å². The van der Waals surface area contributed by atoms with Crippen LogP contribution < -0.4 is 0 Å². The minimum Gasteiger partial charge on any atom is -0.393 e. The molecule has 0 saturated carbocycles. The van der Waals surface area contributed by atoms with Crippen molar-refractivity contribution in [3.8, 4) is 0 Å². The molecule has 0 amide bonds. The van der Waals surface area contributed by atoms with Crippen molar-refractivity contribution in [2.24, 2.45) is 0 Å². The molecule has 1 N–H and O–H groups in total. The van der Waals surface area contributed by atoms with Crippen molar-refractivity contribution < 1.29 is 5.11 Å². The van der Waals surface area contributed by atoms with Gasteiger partial charge in [-0.15, -0.1) is 0 Å². The Labute approximate surface area is 130 Å². The average Bonchev–Trinajstić information content (AvgIpc) is 2.44. The zero-order valence-electron chi connectivity index (χ0n) is 11.4. The quantitative estimate of drug-likeness (QED) is 0.815. The molecular weight excluding hydrogens is 291 g/mol. The molecule has 0 aliphatic carbocycles. The fourth-order valence-corrected chi connectivity index (χ4v) is 2.67. The predicted octanol–water partition coefficient (Wildman–Crippen LogP) is 5.09. The lowest BCUT2D eigenvalue weighted by Crippen LogP contribution is -2.14. The third-order valence-corrected chi connectivity index (χ3v) is 4.19. The maximum absolute atomic E-state index is 10.2. The van der Waals surface area contributed by atoms with Crippen molar-refractivity contribution >= 4 is 23.2 Å². The molecule has 20 heavy (non-hydrogen) atoms. The molecule has 0 radical (unpaired) electrons. The van der Waals surface area contributed by atoms with Crippen LogP contribution in [0.1, 0.15) is 30.4 Å². The molecule has 0 heterocycles. The zero-order valence-corrected chi connectivity index (χ0v) is 12.9. The van der Waals surface area contributed by atoms with Gasteiger partial charge in [-0.1, -0.05) is 66.5 Å². The van der Waals surface area contributed by atoms with Crippen LogP contribution in [0, 0.1) is 0 Å². The van der Waals surface area contributed by atoms with Crippen molar-refractivity contribution in [2.75, 3.05) is 0 Å². The molecule has 2 rings (SSSR count). The second-order valence-electron chi connectivity index (χ2n) is 5.15. The number of aliphatic hydroxyl groups is 1. The van der Waals surface area contributed by atoms with Crippen molar-refractivity contribution in [3.05, 3.63) is 69.7 Å². The highest BCUT2D eigenvalue weighted by molar-refractivity contribution is 6.42. The first-order valence-corrected chi connectivity index (χ1v) is 7.49. The van der Waals surface area contributed by atoms with Gasteiger partial charge in [0.15, 0.2) is 0 Å². The lowest BCUT2D eigenvalue weighted by Gasteiger charge is -2.17. The van der Waals surface area contributed by atoms with Crippen molar-refractivity contribution in [1.29, 1.82) is 0 Å². The highest BCUT2D eigenvalue weighted by Crippen LogP contribution is 2.25. The summed E-state index contributed by atoms with van der Waals surface area (Å²) in [7, 11) is 0. The van der Waals surface area contributed by atoms with E-state index in [0.29, 0.717) is 22.4 Å². The molecule has 0 fully saturated rings. The van der Waals surface area contributed by atoms with Crippen LogP contribution in [-0.4, -0.2) is 11.2 Å². The number of hydrogen-bond donors (Lipinski definition) is 1. The summed E-state index contributed by atoms with van der Waals surface area (Å²) in [6, 6.07) is 15.7. The zero-order chi connectivity index (χ0) is 14.5. The van der Waals surface area contributed by atoms with Crippen LogP contribution in [0.3, 0.4) is 0 Å². The van der Waals surface area contributed by atoms with E-state index < -0.39 is 0 Å². The Bertz CT molecular complexity index is 554. The van der Waals surface area contributed by atoms with E-state index in [1.807, 2.05) is 30.3 Å². The van der Waals surface area contributed by atoms with Gasteiger partial charge in [-0.25, -0.2) is 0 Å². The van der Waals surface area contributed by atoms with Gasteiger partial charge in [0.05, 0.1) is 16.1 Å². The van der Waals surface area contributed by atoms with E-state index in [-0.39, 0.29) is 6.10 Å². The highest BCUT2D eigenvalue weighted by atomic mass is 35.5. The maximum Gasteiger partial charge on any atom is 0.0595 e. The van der Waals surface area contributed by atoms with Crippen LogP contribution in [0.4, 0.5) is 0 Å². The van der Waals surface area contributed by atoms with E-state index in [0.717, 1.165) is 12.0 Å². The van der Waals surface area contributed by atoms with Gasteiger partial charge in [0.25, 0.3) is 0 Å². The lowest BCUT2D eigenvalue weighted by molar-refractivity contribution is 0.157.